The summed E-state index contributed by atoms with van der Waals surface area (Å²) in [5.74, 6) is -0.652. The second-order valence-electron chi connectivity index (χ2n) is 4.61. The molecule has 1 aliphatic heterocycles. The Balaban J connectivity index is 2.22. The highest BCUT2D eigenvalue weighted by Gasteiger charge is 2.37. The van der Waals surface area contributed by atoms with Crippen molar-refractivity contribution in [2.24, 2.45) is 0 Å². The number of thioether (sulfide) groups is 1. The van der Waals surface area contributed by atoms with Crippen molar-refractivity contribution in [2.45, 2.75) is 37.0 Å². The Morgan fingerprint density at radius 1 is 1.47 bits per heavy atom. The van der Waals surface area contributed by atoms with Gasteiger partial charge in [-0.2, -0.15) is 11.8 Å². The number of rotatable bonds is 2. The Hall–Kier alpha value is -0.610. The maximum absolute atomic E-state index is 13.6. The largest absolute Gasteiger partial charge is 0.388 e. The summed E-state index contributed by atoms with van der Waals surface area (Å²) < 4.78 is 26.7. The number of hydrogen-bond donors (Lipinski definition) is 1. The Labute approximate surface area is 104 Å². The van der Waals surface area contributed by atoms with Gasteiger partial charge in [-0.25, -0.2) is 8.78 Å². The van der Waals surface area contributed by atoms with E-state index in [1.807, 2.05) is 6.92 Å². The number of aliphatic hydroxyl groups is 1. The molecule has 0 radical (unpaired) electrons. The number of hydrogen-bond acceptors (Lipinski definition) is 2. The summed E-state index contributed by atoms with van der Waals surface area (Å²) in [6.45, 7) is 1.95. The standard InChI is InChI=1S/C13H16F2OS/c1-9-13(16,6-3-7-17-9)8-10-4-2-5-11(14)12(10)15/h2,4-5,9,16H,3,6-8H2,1H3. The van der Waals surface area contributed by atoms with Gasteiger partial charge in [0.2, 0.25) is 0 Å². The highest BCUT2D eigenvalue weighted by molar-refractivity contribution is 8.00. The zero-order chi connectivity index (χ0) is 12.5. The molecule has 2 atom stereocenters. The smallest absolute Gasteiger partial charge is 0.162 e. The molecule has 1 N–H and O–H groups in total. The van der Waals surface area contributed by atoms with Crippen LogP contribution in [0.2, 0.25) is 0 Å². The van der Waals surface area contributed by atoms with E-state index in [1.165, 1.54) is 6.07 Å². The molecule has 1 nitrogen and oxygen atoms in total. The third kappa shape index (κ3) is 2.63. The Morgan fingerprint density at radius 2 is 2.24 bits per heavy atom. The van der Waals surface area contributed by atoms with E-state index in [0.717, 1.165) is 18.2 Å². The first kappa shape index (κ1) is 12.8. The van der Waals surface area contributed by atoms with Gasteiger partial charge in [0.25, 0.3) is 0 Å². The zero-order valence-electron chi connectivity index (χ0n) is 9.75. The SMILES string of the molecule is CC1SCCCC1(O)Cc1cccc(F)c1F. The summed E-state index contributed by atoms with van der Waals surface area (Å²) in [6.07, 6.45) is 1.75. The molecule has 2 unspecified atom stereocenters. The van der Waals surface area contributed by atoms with E-state index in [-0.39, 0.29) is 17.2 Å². The van der Waals surface area contributed by atoms with Gasteiger partial charge >= 0.3 is 0 Å². The van der Waals surface area contributed by atoms with Crippen LogP contribution in [0.1, 0.15) is 25.3 Å². The van der Waals surface area contributed by atoms with Gasteiger partial charge in [0, 0.05) is 11.7 Å². The van der Waals surface area contributed by atoms with Gasteiger partial charge in [0.15, 0.2) is 11.6 Å². The molecule has 1 heterocycles. The van der Waals surface area contributed by atoms with Gasteiger partial charge in [0.05, 0.1) is 5.60 Å². The van der Waals surface area contributed by atoms with Crippen molar-refractivity contribution in [1.29, 1.82) is 0 Å². The predicted octanol–water partition coefficient (Wildman–Crippen LogP) is 3.15. The van der Waals surface area contributed by atoms with Crippen molar-refractivity contribution in [1.82, 2.24) is 0 Å². The minimum Gasteiger partial charge on any atom is -0.388 e. The van der Waals surface area contributed by atoms with Gasteiger partial charge in [-0.1, -0.05) is 19.1 Å². The molecular weight excluding hydrogens is 242 g/mol. The minimum atomic E-state index is -0.919. The molecule has 1 saturated heterocycles. The lowest BCUT2D eigenvalue weighted by molar-refractivity contribution is 0.0288. The Bertz CT molecular complexity index is 410. The lowest BCUT2D eigenvalue weighted by atomic mass is 9.87. The Kier molecular flexibility index (Phi) is 3.73. The summed E-state index contributed by atoms with van der Waals surface area (Å²) in [7, 11) is 0. The summed E-state index contributed by atoms with van der Waals surface area (Å²) in [5, 5.41) is 10.6. The van der Waals surface area contributed by atoms with Crippen molar-refractivity contribution >= 4 is 11.8 Å². The molecule has 1 aliphatic rings. The van der Waals surface area contributed by atoms with E-state index in [1.54, 1.807) is 17.8 Å². The minimum absolute atomic E-state index is 0.0546. The van der Waals surface area contributed by atoms with E-state index in [9.17, 15) is 13.9 Å². The van der Waals surface area contributed by atoms with E-state index in [0.29, 0.717) is 6.42 Å². The first-order valence-electron chi connectivity index (χ1n) is 5.80. The topological polar surface area (TPSA) is 20.2 Å². The second-order valence-corrected chi connectivity index (χ2v) is 6.06. The quantitative estimate of drug-likeness (QED) is 0.879. The molecule has 0 aliphatic carbocycles. The average Bonchev–Trinajstić information content (AvgIpc) is 2.29. The fraction of sp³-hybridized carbons (Fsp3) is 0.538. The van der Waals surface area contributed by atoms with Crippen molar-refractivity contribution in [2.75, 3.05) is 5.75 Å². The molecule has 94 valence electrons. The molecule has 1 aromatic carbocycles. The molecule has 0 spiro atoms. The van der Waals surface area contributed by atoms with Crippen LogP contribution in [0, 0.1) is 11.6 Å². The van der Waals surface area contributed by atoms with Gasteiger partial charge in [-0.3, -0.25) is 0 Å². The van der Waals surface area contributed by atoms with Crippen LogP contribution < -0.4 is 0 Å². The third-order valence-electron chi connectivity index (χ3n) is 3.41. The van der Waals surface area contributed by atoms with Crippen LogP contribution in [-0.2, 0) is 6.42 Å². The van der Waals surface area contributed by atoms with Crippen LogP contribution >= 0.6 is 11.8 Å². The first-order chi connectivity index (χ1) is 8.03. The lowest BCUT2D eigenvalue weighted by Gasteiger charge is -2.37. The molecule has 0 aromatic heterocycles. The average molecular weight is 258 g/mol. The second kappa shape index (κ2) is 4.94. The highest BCUT2D eigenvalue weighted by Crippen LogP contribution is 2.36. The summed E-state index contributed by atoms with van der Waals surface area (Å²) >= 11 is 1.69. The molecule has 0 amide bonds. The maximum Gasteiger partial charge on any atom is 0.162 e. The molecular formula is C13H16F2OS. The molecule has 0 bridgehead atoms. The van der Waals surface area contributed by atoms with Gasteiger partial charge in [-0.15, -0.1) is 0 Å². The van der Waals surface area contributed by atoms with E-state index < -0.39 is 17.2 Å². The molecule has 0 saturated carbocycles. The fourth-order valence-electron chi connectivity index (χ4n) is 2.24. The van der Waals surface area contributed by atoms with Crippen LogP contribution in [0.4, 0.5) is 8.78 Å². The van der Waals surface area contributed by atoms with Crippen LogP contribution in [0.15, 0.2) is 18.2 Å². The van der Waals surface area contributed by atoms with Crippen molar-refractivity contribution in [3.63, 3.8) is 0 Å². The molecule has 2 rings (SSSR count). The third-order valence-corrected chi connectivity index (χ3v) is 4.87. The number of benzene rings is 1. The monoisotopic (exact) mass is 258 g/mol. The van der Waals surface area contributed by atoms with E-state index in [4.69, 9.17) is 0 Å². The van der Waals surface area contributed by atoms with Gasteiger partial charge in [0.1, 0.15) is 0 Å². The molecule has 17 heavy (non-hydrogen) atoms. The van der Waals surface area contributed by atoms with Crippen LogP contribution in [0.25, 0.3) is 0 Å². The summed E-state index contributed by atoms with van der Waals surface area (Å²) in [5.41, 5.74) is -0.653. The predicted molar refractivity (Wildman–Crippen MR) is 66.2 cm³/mol. The van der Waals surface area contributed by atoms with Crippen molar-refractivity contribution in [3.8, 4) is 0 Å². The normalized spacial score (nSPS) is 29.3. The maximum atomic E-state index is 13.6. The highest BCUT2D eigenvalue weighted by atomic mass is 32.2. The van der Waals surface area contributed by atoms with Crippen LogP contribution in [-0.4, -0.2) is 21.7 Å². The zero-order valence-corrected chi connectivity index (χ0v) is 10.6. The van der Waals surface area contributed by atoms with Crippen molar-refractivity contribution < 1.29 is 13.9 Å². The van der Waals surface area contributed by atoms with Gasteiger partial charge < -0.3 is 5.11 Å². The Morgan fingerprint density at radius 3 is 2.94 bits per heavy atom. The van der Waals surface area contributed by atoms with Crippen molar-refractivity contribution in [3.05, 3.63) is 35.4 Å². The first-order valence-corrected chi connectivity index (χ1v) is 6.85. The van der Waals surface area contributed by atoms with Crippen LogP contribution in [0.3, 0.4) is 0 Å². The van der Waals surface area contributed by atoms with E-state index in [2.05, 4.69) is 0 Å². The van der Waals surface area contributed by atoms with E-state index >= 15 is 0 Å². The fourth-order valence-corrected chi connectivity index (χ4v) is 3.42. The molecule has 1 aromatic rings. The van der Waals surface area contributed by atoms with Gasteiger partial charge in [-0.05, 0) is 30.2 Å². The van der Waals surface area contributed by atoms with Crippen LogP contribution in [0.5, 0.6) is 0 Å². The summed E-state index contributed by atoms with van der Waals surface area (Å²) in [4.78, 5) is 0. The molecule has 4 heteroatoms. The number of halogens is 2. The molecule has 1 fully saturated rings. The lowest BCUT2D eigenvalue weighted by Crippen LogP contribution is -2.43. The summed E-state index contributed by atoms with van der Waals surface area (Å²) in [6, 6.07) is 4.13.